The van der Waals surface area contributed by atoms with Crippen LogP contribution in [0.3, 0.4) is 0 Å². The molecule has 1 spiro atoms. The van der Waals surface area contributed by atoms with Gasteiger partial charge in [0.2, 0.25) is 0 Å². The molecule has 5 nitrogen and oxygen atoms in total. The molecule has 182 valence electrons. The highest BCUT2D eigenvalue weighted by Gasteiger charge is 2.46. The number of benzene rings is 3. The Balaban J connectivity index is 1.31. The summed E-state index contributed by atoms with van der Waals surface area (Å²) < 4.78 is 24.5. The van der Waals surface area contributed by atoms with Crippen LogP contribution >= 0.6 is 11.6 Å². The molecule has 2 aliphatic heterocycles. The third-order valence-corrected chi connectivity index (χ3v) is 7.39. The van der Waals surface area contributed by atoms with E-state index in [0.717, 1.165) is 55.0 Å². The predicted octanol–water partition coefficient (Wildman–Crippen LogP) is 5.45. The fraction of sp³-hybridized carbons (Fsp3) is 0.321. The van der Waals surface area contributed by atoms with E-state index in [0.29, 0.717) is 17.3 Å². The second kappa shape index (κ2) is 9.88. The number of likely N-dealkylation sites (tertiary alicyclic amines) is 1. The maximum atomic E-state index is 13.3. The summed E-state index contributed by atoms with van der Waals surface area (Å²) in [5.74, 6) is 1.12. The number of piperidine rings is 1. The molecule has 3 aromatic rings. The Labute approximate surface area is 210 Å². The Morgan fingerprint density at radius 3 is 2.37 bits per heavy atom. The molecule has 1 saturated heterocycles. The van der Waals surface area contributed by atoms with Crippen LogP contribution in [0.1, 0.15) is 24.0 Å². The molecule has 0 saturated carbocycles. The minimum Gasteiger partial charge on any atom is -0.497 e. The van der Waals surface area contributed by atoms with Crippen LogP contribution in [-0.4, -0.2) is 44.2 Å². The van der Waals surface area contributed by atoms with Crippen molar-refractivity contribution >= 4 is 23.2 Å². The van der Waals surface area contributed by atoms with Crippen molar-refractivity contribution in [2.75, 3.05) is 38.3 Å². The van der Waals surface area contributed by atoms with Gasteiger partial charge in [-0.2, -0.15) is 0 Å². The van der Waals surface area contributed by atoms with Crippen molar-refractivity contribution in [2.24, 2.45) is 0 Å². The second-order valence-electron chi connectivity index (χ2n) is 9.29. The number of amides is 1. The maximum Gasteiger partial charge on any atom is 0.264 e. The summed E-state index contributed by atoms with van der Waals surface area (Å²) in [7, 11) is 1.66. The van der Waals surface area contributed by atoms with E-state index in [2.05, 4.69) is 11.0 Å². The summed E-state index contributed by atoms with van der Waals surface area (Å²) >= 11 is 5.94. The standard InChI is InChI=1S/C28H28ClFN2O3/c1-34-24-10-11-26-25(16-24)28(12-14-31(15-13-28)17-20-2-6-22(30)7-3-20)19-32(26)27(33)18-35-23-8-4-21(29)5-9-23/h2-11,16H,12-15,17-19H2,1H3. The number of carbonyl (C=O) groups is 1. The molecule has 1 fully saturated rings. The lowest BCUT2D eigenvalue weighted by Gasteiger charge is -2.40. The molecular formula is C28H28ClFN2O3. The third-order valence-electron chi connectivity index (χ3n) is 7.14. The molecule has 5 rings (SSSR count). The highest BCUT2D eigenvalue weighted by atomic mass is 35.5. The number of ether oxygens (including phenoxy) is 2. The van der Waals surface area contributed by atoms with Gasteiger partial charge in [0.05, 0.1) is 7.11 Å². The first-order valence-corrected chi connectivity index (χ1v) is 12.2. The lowest BCUT2D eigenvalue weighted by atomic mass is 9.74. The lowest BCUT2D eigenvalue weighted by Crippen LogP contribution is -2.46. The van der Waals surface area contributed by atoms with E-state index in [1.807, 2.05) is 29.2 Å². The van der Waals surface area contributed by atoms with Crippen molar-refractivity contribution in [1.82, 2.24) is 4.90 Å². The molecule has 3 aromatic carbocycles. The molecule has 0 N–H and O–H groups in total. The van der Waals surface area contributed by atoms with Crippen molar-refractivity contribution in [3.8, 4) is 11.5 Å². The lowest BCUT2D eigenvalue weighted by molar-refractivity contribution is -0.120. The van der Waals surface area contributed by atoms with Gasteiger partial charge in [-0.15, -0.1) is 0 Å². The molecule has 1 amide bonds. The number of methoxy groups -OCH3 is 1. The highest BCUT2D eigenvalue weighted by Crippen LogP contribution is 2.48. The average Bonchev–Trinajstić information content (AvgIpc) is 3.19. The number of hydrogen-bond donors (Lipinski definition) is 0. The fourth-order valence-electron chi connectivity index (χ4n) is 5.17. The predicted molar refractivity (Wildman–Crippen MR) is 135 cm³/mol. The van der Waals surface area contributed by atoms with Gasteiger partial charge in [-0.25, -0.2) is 4.39 Å². The van der Waals surface area contributed by atoms with Crippen LogP contribution in [0.25, 0.3) is 0 Å². The van der Waals surface area contributed by atoms with Gasteiger partial charge in [0.25, 0.3) is 5.91 Å². The Hall–Kier alpha value is -3.09. The SMILES string of the molecule is COc1ccc2c(c1)C1(CCN(Cc3ccc(F)cc3)CC1)CN2C(=O)COc1ccc(Cl)cc1. The van der Waals surface area contributed by atoms with Gasteiger partial charge in [-0.1, -0.05) is 23.7 Å². The molecule has 0 atom stereocenters. The first-order valence-electron chi connectivity index (χ1n) is 11.8. The van der Waals surface area contributed by atoms with E-state index in [1.54, 1.807) is 31.4 Å². The molecule has 35 heavy (non-hydrogen) atoms. The zero-order chi connectivity index (χ0) is 24.4. The number of halogens is 2. The van der Waals surface area contributed by atoms with Gasteiger partial charge >= 0.3 is 0 Å². The molecule has 0 aromatic heterocycles. The molecule has 2 heterocycles. The number of nitrogens with zero attached hydrogens (tertiary/aromatic N) is 2. The summed E-state index contributed by atoms with van der Waals surface area (Å²) in [6.07, 6.45) is 1.85. The Bertz CT molecular complexity index is 1190. The van der Waals surface area contributed by atoms with Gasteiger partial charge in [-0.05, 0) is 91.7 Å². The van der Waals surface area contributed by atoms with Gasteiger partial charge < -0.3 is 14.4 Å². The summed E-state index contributed by atoms with van der Waals surface area (Å²) in [4.78, 5) is 17.5. The topological polar surface area (TPSA) is 42.0 Å². The van der Waals surface area contributed by atoms with E-state index in [4.69, 9.17) is 21.1 Å². The van der Waals surface area contributed by atoms with Crippen molar-refractivity contribution in [2.45, 2.75) is 24.8 Å². The van der Waals surface area contributed by atoms with Crippen molar-refractivity contribution in [3.05, 3.63) is 88.7 Å². The average molecular weight is 495 g/mol. The van der Waals surface area contributed by atoms with E-state index in [9.17, 15) is 9.18 Å². The number of anilines is 1. The van der Waals surface area contributed by atoms with Gasteiger partial charge in [0.1, 0.15) is 17.3 Å². The summed E-state index contributed by atoms with van der Waals surface area (Å²) in [5.41, 5.74) is 3.08. The van der Waals surface area contributed by atoms with Gasteiger partial charge in [0.15, 0.2) is 6.61 Å². The summed E-state index contributed by atoms with van der Waals surface area (Å²) in [6.45, 7) is 3.18. The quantitative estimate of drug-likeness (QED) is 0.457. The zero-order valence-electron chi connectivity index (χ0n) is 19.7. The number of rotatable bonds is 6. The van der Waals surface area contributed by atoms with Crippen molar-refractivity contribution in [3.63, 3.8) is 0 Å². The fourth-order valence-corrected chi connectivity index (χ4v) is 5.29. The molecule has 0 unspecified atom stereocenters. The van der Waals surface area contributed by atoms with Crippen LogP contribution < -0.4 is 14.4 Å². The molecule has 0 radical (unpaired) electrons. The van der Waals surface area contributed by atoms with Crippen molar-refractivity contribution < 1.29 is 18.7 Å². The monoisotopic (exact) mass is 494 g/mol. The smallest absolute Gasteiger partial charge is 0.264 e. The Kier molecular flexibility index (Phi) is 6.67. The largest absolute Gasteiger partial charge is 0.497 e. The third kappa shape index (κ3) is 5.00. The van der Waals surface area contributed by atoms with Crippen LogP contribution in [0.2, 0.25) is 5.02 Å². The van der Waals surface area contributed by atoms with Crippen LogP contribution in [0, 0.1) is 5.82 Å². The minimum atomic E-state index is -0.215. The first-order chi connectivity index (χ1) is 17.0. The minimum absolute atomic E-state index is 0.0418. The summed E-state index contributed by atoms with van der Waals surface area (Å²) in [6, 6.07) is 19.7. The van der Waals surface area contributed by atoms with Gasteiger partial charge in [-0.3, -0.25) is 9.69 Å². The van der Waals surface area contributed by atoms with E-state index in [1.165, 1.54) is 12.1 Å². The number of fused-ring (bicyclic) bond motifs is 2. The van der Waals surface area contributed by atoms with Crippen molar-refractivity contribution in [1.29, 1.82) is 0 Å². The van der Waals surface area contributed by atoms with E-state index in [-0.39, 0.29) is 23.7 Å². The molecule has 0 aliphatic carbocycles. The molecule has 2 aliphatic rings. The van der Waals surface area contributed by atoms with Crippen LogP contribution in [-0.2, 0) is 16.8 Å². The number of hydrogen-bond acceptors (Lipinski definition) is 4. The molecule has 7 heteroatoms. The molecular weight excluding hydrogens is 467 g/mol. The zero-order valence-corrected chi connectivity index (χ0v) is 20.4. The molecule has 0 bridgehead atoms. The normalized spacial score (nSPS) is 16.8. The van der Waals surface area contributed by atoms with Crippen LogP contribution in [0.4, 0.5) is 10.1 Å². The second-order valence-corrected chi connectivity index (χ2v) is 9.72. The number of carbonyl (C=O) groups excluding carboxylic acids is 1. The van der Waals surface area contributed by atoms with E-state index < -0.39 is 0 Å². The van der Waals surface area contributed by atoms with Crippen LogP contribution in [0.15, 0.2) is 66.7 Å². The Morgan fingerprint density at radius 1 is 1.00 bits per heavy atom. The highest BCUT2D eigenvalue weighted by molar-refractivity contribution is 6.30. The van der Waals surface area contributed by atoms with Gasteiger partial charge in [0, 0.05) is 29.2 Å². The van der Waals surface area contributed by atoms with E-state index >= 15 is 0 Å². The first kappa shape index (κ1) is 23.6. The Morgan fingerprint density at radius 2 is 1.69 bits per heavy atom. The maximum absolute atomic E-state index is 13.3. The summed E-state index contributed by atoms with van der Waals surface area (Å²) in [5, 5.41) is 0.624. The van der Waals surface area contributed by atoms with Crippen LogP contribution in [0.5, 0.6) is 11.5 Å².